The van der Waals surface area contributed by atoms with Crippen LogP contribution in [0.15, 0.2) is 84.0 Å². The fourth-order valence-electron chi connectivity index (χ4n) is 3.82. The summed E-state index contributed by atoms with van der Waals surface area (Å²) in [4.78, 5) is 25.8. The molecule has 1 atom stereocenters. The predicted molar refractivity (Wildman–Crippen MR) is 128 cm³/mol. The second-order valence-corrected chi connectivity index (χ2v) is 7.65. The fraction of sp³-hybridized carbons (Fsp3) is 0.222. The third-order valence-electron chi connectivity index (χ3n) is 5.51. The number of carbonyl (C=O) groups excluding carboxylic acids is 2. The first-order chi connectivity index (χ1) is 16.6. The molecule has 0 spiro atoms. The number of nitrogens with zero attached hydrogens (tertiary/aromatic N) is 2. The van der Waals surface area contributed by atoms with Gasteiger partial charge in [-0.15, -0.1) is 0 Å². The standard InChI is InChI=1S/C27H26N2O5/c1-3-33-25-12-8-7-11-22(25)27(31)34-18-26(30)29-24(20-13-15-21(32-2)16-14-20)17-23(28-29)19-9-5-4-6-10-19/h4-16,24H,3,17-18H2,1-2H3. The first-order valence-corrected chi connectivity index (χ1v) is 11.1. The van der Waals surface area contributed by atoms with Crippen LogP contribution in [0.4, 0.5) is 0 Å². The Kier molecular flexibility index (Phi) is 7.22. The van der Waals surface area contributed by atoms with Gasteiger partial charge in [-0.25, -0.2) is 9.80 Å². The van der Waals surface area contributed by atoms with E-state index in [1.54, 1.807) is 31.4 Å². The maximum atomic E-state index is 13.2. The molecule has 3 aromatic rings. The van der Waals surface area contributed by atoms with Crippen molar-refractivity contribution >= 4 is 17.6 Å². The zero-order chi connectivity index (χ0) is 23.9. The highest BCUT2D eigenvalue weighted by atomic mass is 16.5. The Morgan fingerprint density at radius 2 is 1.68 bits per heavy atom. The minimum atomic E-state index is -0.621. The summed E-state index contributed by atoms with van der Waals surface area (Å²) in [6, 6.07) is 23.7. The second kappa shape index (κ2) is 10.7. The van der Waals surface area contributed by atoms with E-state index in [0.29, 0.717) is 18.8 Å². The molecule has 0 N–H and O–H groups in total. The molecule has 0 radical (unpaired) electrons. The van der Waals surface area contributed by atoms with Crippen molar-refractivity contribution in [1.29, 1.82) is 0 Å². The molecule has 0 fully saturated rings. The SMILES string of the molecule is CCOc1ccccc1C(=O)OCC(=O)N1N=C(c2ccccc2)CC1c1ccc(OC)cc1. The Labute approximate surface area is 198 Å². The first kappa shape index (κ1) is 23.0. The molecule has 1 aliphatic heterocycles. The number of hydrazone groups is 1. The number of hydrogen-bond donors (Lipinski definition) is 0. The molecule has 0 saturated carbocycles. The maximum absolute atomic E-state index is 13.2. The van der Waals surface area contributed by atoms with E-state index in [2.05, 4.69) is 5.10 Å². The van der Waals surface area contributed by atoms with Gasteiger partial charge in [0.05, 0.1) is 25.5 Å². The van der Waals surface area contributed by atoms with Gasteiger partial charge in [-0.1, -0.05) is 54.6 Å². The van der Waals surface area contributed by atoms with Crippen molar-refractivity contribution in [3.8, 4) is 11.5 Å². The summed E-state index contributed by atoms with van der Waals surface area (Å²) in [5, 5.41) is 6.02. The number of carbonyl (C=O) groups is 2. The minimum absolute atomic E-state index is 0.277. The average Bonchev–Trinajstić information content (AvgIpc) is 3.34. The number of amides is 1. The van der Waals surface area contributed by atoms with Gasteiger partial charge in [-0.2, -0.15) is 5.10 Å². The Morgan fingerprint density at radius 3 is 2.38 bits per heavy atom. The smallest absolute Gasteiger partial charge is 0.342 e. The number of ether oxygens (including phenoxy) is 3. The average molecular weight is 459 g/mol. The van der Waals surface area contributed by atoms with E-state index < -0.39 is 18.5 Å². The van der Waals surface area contributed by atoms with Crippen molar-refractivity contribution in [2.45, 2.75) is 19.4 Å². The van der Waals surface area contributed by atoms with E-state index in [1.165, 1.54) is 5.01 Å². The lowest BCUT2D eigenvalue weighted by atomic mass is 9.98. The normalized spacial score (nSPS) is 14.9. The fourth-order valence-corrected chi connectivity index (χ4v) is 3.82. The van der Waals surface area contributed by atoms with Crippen molar-refractivity contribution in [1.82, 2.24) is 5.01 Å². The van der Waals surface area contributed by atoms with Crippen LogP contribution >= 0.6 is 0 Å². The van der Waals surface area contributed by atoms with Crippen molar-refractivity contribution in [3.05, 3.63) is 95.6 Å². The number of hydrogen-bond acceptors (Lipinski definition) is 6. The van der Waals surface area contributed by atoms with Crippen LogP contribution in [0.3, 0.4) is 0 Å². The van der Waals surface area contributed by atoms with Crippen LogP contribution < -0.4 is 9.47 Å². The predicted octanol–water partition coefficient (Wildman–Crippen LogP) is 4.63. The lowest BCUT2D eigenvalue weighted by molar-refractivity contribution is -0.136. The highest BCUT2D eigenvalue weighted by molar-refractivity contribution is 6.03. The first-order valence-electron chi connectivity index (χ1n) is 11.1. The molecule has 0 bridgehead atoms. The lowest BCUT2D eigenvalue weighted by Crippen LogP contribution is -2.31. The molecule has 7 nitrogen and oxygen atoms in total. The van der Waals surface area contributed by atoms with Crippen LogP contribution in [0.1, 0.15) is 40.9 Å². The number of benzene rings is 3. The van der Waals surface area contributed by atoms with Crippen molar-refractivity contribution in [3.63, 3.8) is 0 Å². The van der Waals surface area contributed by atoms with Gasteiger partial charge in [0.2, 0.25) is 0 Å². The molecule has 1 amide bonds. The molecule has 4 rings (SSSR count). The largest absolute Gasteiger partial charge is 0.497 e. The molecule has 1 heterocycles. The van der Waals surface area contributed by atoms with Gasteiger partial charge < -0.3 is 14.2 Å². The van der Waals surface area contributed by atoms with Crippen molar-refractivity contribution in [2.75, 3.05) is 20.3 Å². The second-order valence-electron chi connectivity index (χ2n) is 7.65. The molecule has 3 aromatic carbocycles. The van der Waals surface area contributed by atoms with Gasteiger partial charge in [0.25, 0.3) is 5.91 Å². The third-order valence-corrected chi connectivity index (χ3v) is 5.51. The molecule has 0 saturated heterocycles. The van der Waals surface area contributed by atoms with E-state index in [-0.39, 0.29) is 11.6 Å². The summed E-state index contributed by atoms with van der Waals surface area (Å²) < 4.78 is 16.1. The van der Waals surface area contributed by atoms with Gasteiger partial charge in [0.15, 0.2) is 6.61 Å². The molecule has 174 valence electrons. The Morgan fingerprint density at radius 1 is 0.971 bits per heavy atom. The van der Waals surface area contributed by atoms with Crippen LogP contribution in [-0.2, 0) is 9.53 Å². The Bertz CT molecular complexity index is 1180. The van der Waals surface area contributed by atoms with Crippen LogP contribution in [-0.4, -0.2) is 42.9 Å². The highest BCUT2D eigenvalue weighted by Gasteiger charge is 2.33. The van der Waals surface area contributed by atoms with Gasteiger partial charge in [0.1, 0.15) is 17.1 Å². The number of para-hydroxylation sites is 1. The van der Waals surface area contributed by atoms with E-state index >= 15 is 0 Å². The summed E-state index contributed by atoms with van der Waals surface area (Å²) >= 11 is 0. The number of methoxy groups -OCH3 is 1. The van der Waals surface area contributed by atoms with Crippen LogP contribution in [0, 0.1) is 0 Å². The summed E-state index contributed by atoms with van der Waals surface area (Å²) in [7, 11) is 1.61. The molecule has 1 aliphatic rings. The molecule has 34 heavy (non-hydrogen) atoms. The number of esters is 1. The molecule has 0 aliphatic carbocycles. The number of rotatable bonds is 8. The quantitative estimate of drug-likeness (QED) is 0.460. The third kappa shape index (κ3) is 5.09. The van der Waals surface area contributed by atoms with Gasteiger partial charge >= 0.3 is 5.97 Å². The lowest BCUT2D eigenvalue weighted by Gasteiger charge is -2.22. The van der Waals surface area contributed by atoms with Crippen molar-refractivity contribution < 1.29 is 23.8 Å². The molecular weight excluding hydrogens is 432 g/mol. The van der Waals surface area contributed by atoms with Crippen LogP contribution in [0.2, 0.25) is 0 Å². The van der Waals surface area contributed by atoms with E-state index in [1.807, 2.05) is 61.5 Å². The minimum Gasteiger partial charge on any atom is -0.497 e. The molecule has 7 heteroatoms. The maximum Gasteiger partial charge on any atom is 0.342 e. The van der Waals surface area contributed by atoms with E-state index in [4.69, 9.17) is 14.2 Å². The summed E-state index contributed by atoms with van der Waals surface area (Å²) in [5.41, 5.74) is 2.93. The monoisotopic (exact) mass is 458 g/mol. The topological polar surface area (TPSA) is 77.4 Å². The molecule has 1 unspecified atom stereocenters. The van der Waals surface area contributed by atoms with Crippen molar-refractivity contribution in [2.24, 2.45) is 5.10 Å². The van der Waals surface area contributed by atoms with Gasteiger partial charge in [0, 0.05) is 6.42 Å². The Balaban J connectivity index is 1.53. The van der Waals surface area contributed by atoms with Gasteiger partial charge in [-0.3, -0.25) is 4.79 Å². The van der Waals surface area contributed by atoms with Gasteiger partial charge in [-0.05, 0) is 42.3 Å². The molecule has 0 aromatic heterocycles. The molecular formula is C27H26N2O5. The highest BCUT2D eigenvalue weighted by Crippen LogP contribution is 2.33. The summed E-state index contributed by atoms with van der Waals surface area (Å²) in [6.45, 7) is 1.82. The summed E-state index contributed by atoms with van der Waals surface area (Å²) in [5.74, 6) is 0.119. The van der Waals surface area contributed by atoms with Crippen LogP contribution in [0.5, 0.6) is 11.5 Å². The Hall–Kier alpha value is -4.13. The van der Waals surface area contributed by atoms with E-state index in [9.17, 15) is 9.59 Å². The zero-order valence-electron chi connectivity index (χ0n) is 19.1. The van der Waals surface area contributed by atoms with E-state index in [0.717, 1.165) is 22.6 Å². The summed E-state index contributed by atoms with van der Waals surface area (Å²) in [6.07, 6.45) is 0.545. The zero-order valence-corrected chi connectivity index (χ0v) is 19.1. The van der Waals surface area contributed by atoms with Crippen LogP contribution in [0.25, 0.3) is 0 Å².